The minimum absolute atomic E-state index is 0.104. The highest BCUT2D eigenvalue weighted by atomic mass is 32.2. The van der Waals surface area contributed by atoms with E-state index in [1.54, 1.807) is 0 Å². The molecule has 0 heterocycles. The highest BCUT2D eigenvalue weighted by molar-refractivity contribution is 8.13. The Kier molecular flexibility index (Phi) is 5.46. The van der Waals surface area contributed by atoms with Crippen molar-refractivity contribution in [1.29, 1.82) is 0 Å². The summed E-state index contributed by atoms with van der Waals surface area (Å²) in [6.45, 7) is 1.30. The van der Waals surface area contributed by atoms with Crippen LogP contribution in [-0.4, -0.2) is 38.3 Å². The lowest BCUT2D eigenvalue weighted by Crippen LogP contribution is -2.23. The van der Waals surface area contributed by atoms with Crippen LogP contribution in [0, 0.1) is 5.82 Å². The van der Waals surface area contributed by atoms with E-state index >= 15 is 0 Å². The molecule has 0 radical (unpaired) electrons. The van der Waals surface area contributed by atoms with Crippen LogP contribution in [0.4, 0.5) is 4.39 Å². The number of hydrogen-bond acceptors (Lipinski definition) is 5. The molecule has 1 aromatic carbocycles. The van der Waals surface area contributed by atoms with Crippen molar-refractivity contribution in [3.05, 3.63) is 35.1 Å². The van der Waals surface area contributed by atoms with Gasteiger partial charge in [-0.05, 0) is 6.07 Å². The molecule has 0 spiro atoms. The minimum Gasteiger partial charge on any atom is -0.478 e. The van der Waals surface area contributed by atoms with Crippen molar-refractivity contribution < 1.29 is 29.3 Å². The molecule has 7 heteroatoms. The highest BCUT2D eigenvalue weighted by Crippen LogP contribution is 2.24. The fraction of sp³-hybridized carbons (Fsp3) is 0.333. The van der Waals surface area contributed by atoms with E-state index in [1.807, 2.05) is 0 Å². The quantitative estimate of drug-likeness (QED) is 0.753. The number of aliphatic hydroxyl groups is 2. The van der Waals surface area contributed by atoms with E-state index < -0.39 is 29.6 Å². The molecule has 0 saturated carbocycles. The average molecular weight is 288 g/mol. The molecule has 19 heavy (non-hydrogen) atoms. The predicted molar refractivity (Wildman–Crippen MR) is 67.5 cm³/mol. The van der Waals surface area contributed by atoms with E-state index in [4.69, 9.17) is 5.11 Å². The van der Waals surface area contributed by atoms with Gasteiger partial charge in [0.05, 0.1) is 11.7 Å². The summed E-state index contributed by atoms with van der Waals surface area (Å²) in [5, 5.41) is 27.9. The molecule has 2 atom stereocenters. The van der Waals surface area contributed by atoms with Crippen LogP contribution in [0.2, 0.25) is 0 Å². The van der Waals surface area contributed by atoms with Gasteiger partial charge in [0.2, 0.25) is 0 Å². The topological polar surface area (TPSA) is 94.8 Å². The van der Waals surface area contributed by atoms with Crippen LogP contribution in [0.1, 0.15) is 28.9 Å². The molecule has 0 saturated heterocycles. The van der Waals surface area contributed by atoms with Crippen LogP contribution in [0.25, 0.3) is 0 Å². The van der Waals surface area contributed by atoms with Crippen molar-refractivity contribution in [3.8, 4) is 0 Å². The largest absolute Gasteiger partial charge is 0.478 e. The first-order valence-electron chi connectivity index (χ1n) is 5.35. The van der Waals surface area contributed by atoms with Crippen molar-refractivity contribution in [2.24, 2.45) is 0 Å². The summed E-state index contributed by atoms with van der Waals surface area (Å²) in [4.78, 5) is 21.5. The van der Waals surface area contributed by atoms with Crippen LogP contribution < -0.4 is 0 Å². The summed E-state index contributed by atoms with van der Waals surface area (Å²) in [6.07, 6.45) is -2.96. The Morgan fingerprint density at radius 1 is 1.37 bits per heavy atom. The second-order valence-electron chi connectivity index (χ2n) is 3.83. The maximum Gasteiger partial charge on any atom is 0.338 e. The van der Waals surface area contributed by atoms with Gasteiger partial charge in [-0.1, -0.05) is 23.9 Å². The predicted octanol–water partition coefficient (Wildman–Crippen LogP) is 1.20. The van der Waals surface area contributed by atoms with E-state index in [9.17, 15) is 24.2 Å². The van der Waals surface area contributed by atoms with Crippen molar-refractivity contribution in [1.82, 2.24) is 0 Å². The van der Waals surface area contributed by atoms with Crippen molar-refractivity contribution >= 4 is 22.8 Å². The number of carbonyl (C=O) groups excluding carboxylic acids is 1. The second-order valence-corrected chi connectivity index (χ2v) is 5.03. The smallest absolute Gasteiger partial charge is 0.338 e. The molecular formula is C12H13FO5S. The summed E-state index contributed by atoms with van der Waals surface area (Å²) in [5.41, 5.74) is -0.889. The Labute approximate surface area is 113 Å². The number of benzene rings is 1. The number of carboxylic acids is 1. The van der Waals surface area contributed by atoms with Crippen molar-refractivity contribution in [2.75, 3.05) is 5.75 Å². The third-order valence-corrected chi connectivity index (χ3v) is 3.31. The molecule has 0 aliphatic rings. The molecular weight excluding hydrogens is 275 g/mol. The van der Waals surface area contributed by atoms with Gasteiger partial charge in [-0.15, -0.1) is 0 Å². The lowest BCUT2D eigenvalue weighted by Gasteiger charge is -2.18. The molecule has 1 aromatic rings. The van der Waals surface area contributed by atoms with E-state index in [0.29, 0.717) is 0 Å². The van der Waals surface area contributed by atoms with E-state index in [2.05, 4.69) is 0 Å². The number of thioether (sulfide) groups is 1. The van der Waals surface area contributed by atoms with Crippen LogP contribution in [-0.2, 0) is 4.79 Å². The van der Waals surface area contributed by atoms with Gasteiger partial charge in [0, 0.05) is 18.2 Å². The molecule has 0 bridgehead atoms. The Balaban J connectivity index is 2.93. The van der Waals surface area contributed by atoms with Crippen LogP contribution in [0.5, 0.6) is 0 Å². The number of carboxylic acid groups (broad SMARTS) is 1. The standard InChI is InChI=1S/C12H13FO5S/c1-6(14)19-5-9(15)11(16)7-3-2-4-8(10(7)13)12(17)18/h2-4,9,11,15-16H,5H2,1H3,(H,17,18). The number of aromatic carboxylic acids is 1. The van der Waals surface area contributed by atoms with E-state index in [-0.39, 0.29) is 16.4 Å². The molecule has 0 aliphatic carbocycles. The summed E-state index contributed by atoms with van der Waals surface area (Å²) in [7, 11) is 0. The fourth-order valence-corrected chi connectivity index (χ4v) is 2.03. The van der Waals surface area contributed by atoms with Crippen LogP contribution >= 0.6 is 11.8 Å². The third-order valence-electron chi connectivity index (χ3n) is 2.40. The second kappa shape index (κ2) is 6.65. The van der Waals surface area contributed by atoms with Gasteiger partial charge in [-0.3, -0.25) is 4.79 Å². The first-order chi connectivity index (χ1) is 8.84. The first kappa shape index (κ1) is 15.6. The molecule has 2 unspecified atom stereocenters. The van der Waals surface area contributed by atoms with Gasteiger partial charge in [0.1, 0.15) is 11.9 Å². The third kappa shape index (κ3) is 4.02. The molecule has 104 valence electrons. The van der Waals surface area contributed by atoms with Gasteiger partial charge in [-0.2, -0.15) is 0 Å². The van der Waals surface area contributed by atoms with Gasteiger partial charge >= 0.3 is 5.97 Å². The fourth-order valence-electron chi connectivity index (χ4n) is 1.44. The molecule has 0 fully saturated rings. The lowest BCUT2D eigenvalue weighted by atomic mass is 10.0. The lowest BCUT2D eigenvalue weighted by molar-refractivity contribution is -0.109. The zero-order chi connectivity index (χ0) is 14.6. The maximum atomic E-state index is 13.8. The molecule has 5 nitrogen and oxygen atoms in total. The molecule has 1 rings (SSSR count). The number of rotatable bonds is 5. The summed E-state index contributed by atoms with van der Waals surface area (Å²) < 4.78 is 13.8. The molecule has 0 aliphatic heterocycles. The number of halogens is 1. The van der Waals surface area contributed by atoms with Gasteiger partial charge < -0.3 is 15.3 Å². The minimum atomic E-state index is -1.59. The first-order valence-corrected chi connectivity index (χ1v) is 6.34. The van der Waals surface area contributed by atoms with Crippen LogP contribution in [0.3, 0.4) is 0 Å². The van der Waals surface area contributed by atoms with E-state index in [0.717, 1.165) is 17.8 Å². The van der Waals surface area contributed by atoms with Crippen LogP contribution in [0.15, 0.2) is 18.2 Å². The van der Waals surface area contributed by atoms with Crippen molar-refractivity contribution in [2.45, 2.75) is 19.1 Å². The normalized spacial score (nSPS) is 13.9. The zero-order valence-corrected chi connectivity index (χ0v) is 10.9. The summed E-state index contributed by atoms with van der Waals surface area (Å²) in [6, 6.07) is 3.52. The van der Waals surface area contributed by atoms with E-state index in [1.165, 1.54) is 19.1 Å². The Morgan fingerprint density at radius 2 is 2.00 bits per heavy atom. The highest BCUT2D eigenvalue weighted by Gasteiger charge is 2.24. The molecule has 3 N–H and O–H groups in total. The summed E-state index contributed by atoms with van der Waals surface area (Å²) in [5.74, 6) is -2.65. The number of hydrogen-bond donors (Lipinski definition) is 3. The zero-order valence-electron chi connectivity index (χ0n) is 10.0. The maximum absolute atomic E-state index is 13.8. The number of carbonyl (C=O) groups is 2. The van der Waals surface area contributed by atoms with Gasteiger partial charge in [0.25, 0.3) is 0 Å². The SMILES string of the molecule is CC(=O)SCC(O)C(O)c1cccc(C(=O)O)c1F. The Bertz CT molecular complexity index is 491. The number of aliphatic hydroxyl groups excluding tert-OH is 2. The van der Waals surface area contributed by atoms with Crippen molar-refractivity contribution in [3.63, 3.8) is 0 Å². The average Bonchev–Trinajstić information content (AvgIpc) is 2.34. The van der Waals surface area contributed by atoms with Gasteiger partial charge in [0.15, 0.2) is 5.12 Å². The molecule has 0 aromatic heterocycles. The van der Waals surface area contributed by atoms with Gasteiger partial charge in [-0.25, -0.2) is 9.18 Å². The Morgan fingerprint density at radius 3 is 2.53 bits per heavy atom. The monoisotopic (exact) mass is 288 g/mol. The Hall–Kier alpha value is -1.44. The summed E-state index contributed by atoms with van der Waals surface area (Å²) >= 11 is 0.791. The molecule has 0 amide bonds.